The standard InChI is InChI=1S/C18H27FN3O8P/c1-4-18(8-19,30-31(27,28)10(3)23)6-12-13(24)14(25)16(29-12)22-7-11-5-9(2)20-15(11)21-17(22)26/h5,7,10,12-14,16,23-25H,4,6,8H2,1-3H3,(H,27,28)(H,20,21,26)/t10?,12-,13-,14-,16-,18?/m1/s1. The summed E-state index contributed by atoms with van der Waals surface area (Å²) in [5.74, 6) is -1.75. The first kappa shape index (κ1) is 24.0. The molecule has 0 bridgehead atoms. The van der Waals surface area contributed by atoms with Gasteiger partial charge in [0.05, 0.1) is 6.10 Å². The zero-order chi connectivity index (χ0) is 23.1. The van der Waals surface area contributed by atoms with Crippen LogP contribution in [0, 0.1) is 6.92 Å². The Balaban J connectivity index is 1.88. The van der Waals surface area contributed by atoms with Crippen molar-refractivity contribution in [3.63, 3.8) is 0 Å². The molecule has 3 rings (SSSR count). The van der Waals surface area contributed by atoms with Crippen molar-refractivity contribution in [2.75, 3.05) is 6.67 Å². The monoisotopic (exact) mass is 463 g/mol. The Morgan fingerprint density at radius 2 is 2.13 bits per heavy atom. The fourth-order valence-corrected chi connectivity index (χ4v) is 4.56. The zero-order valence-electron chi connectivity index (χ0n) is 17.3. The first-order valence-electron chi connectivity index (χ1n) is 9.80. The summed E-state index contributed by atoms with van der Waals surface area (Å²) in [6.07, 6.45) is -4.68. The van der Waals surface area contributed by atoms with E-state index in [0.717, 1.165) is 17.2 Å². The van der Waals surface area contributed by atoms with Crippen LogP contribution in [0.3, 0.4) is 0 Å². The van der Waals surface area contributed by atoms with Crippen molar-refractivity contribution < 1.29 is 38.4 Å². The van der Waals surface area contributed by atoms with Crippen molar-refractivity contribution in [2.45, 2.75) is 69.6 Å². The smallest absolute Gasteiger partial charge is 0.356 e. The third kappa shape index (κ3) is 4.61. The number of aromatic nitrogens is 3. The summed E-state index contributed by atoms with van der Waals surface area (Å²) in [5, 5.41) is 31.0. The fraction of sp³-hybridized carbons (Fsp3) is 0.667. The van der Waals surface area contributed by atoms with Gasteiger partial charge in [0.15, 0.2) is 12.1 Å². The maximum Gasteiger partial charge on any atom is 0.356 e. The molecule has 2 aromatic heterocycles. The Bertz CT molecular complexity index is 1040. The Labute approximate surface area is 177 Å². The van der Waals surface area contributed by atoms with Crippen LogP contribution >= 0.6 is 7.60 Å². The van der Waals surface area contributed by atoms with Crippen molar-refractivity contribution in [1.29, 1.82) is 0 Å². The van der Waals surface area contributed by atoms with Crippen LogP contribution in [0.4, 0.5) is 4.39 Å². The van der Waals surface area contributed by atoms with Gasteiger partial charge in [-0.25, -0.2) is 9.18 Å². The van der Waals surface area contributed by atoms with Gasteiger partial charge in [0.2, 0.25) is 0 Å². The second-order valence-electron chi connectivity index (χ2n) is 7.89. The average molecular weight is 463 g/mol. The molecule has 1 saturated heterocycles. The minimum atomic E-state index is -4.57. The van der Waals surface area contributed by atoms with Crippen LogP contribution < -0.4 is 5.69 Å². The van der Waals surface area contributed by atoms with Gasteiger partial charge in [-0.05, 0) is 26.3 Å². The van der Waals surface area contributed by atoms with E-state index in [1.807, 2.05) is 0 Å². The molecule has 0 aliphatic carbocycles. The summed E-state index contributed by atoms with van der Waals surface area (Å²) in [4.78, 5) is 29.1. The van der Waals surface area contributed by atoms with Gasteiger partial charge in [-0.2, -0.15) is 4.98 Å². The molecular formula is C18H27FN3O8P. The number of aliphatic hydroxyl groups is 3. The van der Waals surface area contributed by atoms with Gasteiger partial charge >= 0.3 is 13.3 Å². The van der Waals surface area contributed by atoms with Gasteiger partial charge in [-0.3, -0.25) is 13.7 Å². The SMILES string of the molecule is CCC(CF)(C[C@H]1O[C@@H](n2cc3cc(C)[nH]c3nc2=O)[C@H](O)[C@@H]1O)OP(=O)(O)C(C)O. The van der Waals surface area contributed by atoms with Crippen molar-refractivity contribution in [3.8, 4) is 0 Å². The molecule has 1 aliphatic heterocycles. The highest BCUT2D eigenvalue weighted by atomic mass is 31.2. The summed E-state index contributed by atoms with van der Waals surface area (Å²) in [6, 6.07) is 1.74. The van der Waals surface area contributed by atoms with E-state index in [0.29, 0.717) is 11.0 Å². The predicted octanol–water partition coefficient (Wildman–Crippen LogP) is 0.701. The molecule has 0 aromatic carbocycles. The number of alkyl halides is 1. The van der Waals surface area contributed by atoms with Crippen LogP contribution in [-0.2, 0) is 13.8 Å². The molecule has 2 aromatic rings. The van der Waals surface area contributed by atoms with Crippen LogP contribution in [-0.4, -0.2) is 71.2 Å². The molecule has 31 heavy (non-hydrogen) atoms. The van der Waals surface area contributed by atoms with Crippen LogP contribution in [0.1, 0.15) is 38.6 Å². The highest BCUT2D eigenvalue weighted by Crippen LogP contribution is 2.52. The lowest BCUT2D eigenvalue weighted by Gasteiger charge is -2.35. The molecule has 5 N–H and O–H groups in total. The highest BCUT2D eigenvalue weighted by molar-refractivity contribution is 7.53. The van der Waals surface area contributed by atoms with Crippen molar-refractivity contribution in [2.24, 2.45) is 0 Å². The number of fused-ring (bicyclic) bond motifs is 1. The lowest BCUT2D eigenvalue weighted by molar-refractivity contribution is -0.0795. The molecule has 3 heterocycles. The number of rotatable bonds is 8. The minimum absolute atomic E-state index is 0.0792. The molecule has 174 valence electrons. The van der Waals surface area contributed by atoms with E-state index in [2.05, 4.69) is 9.97 Å². The number of aliphatic hydroxyl groups excluding tert-OH is 3. The maximum absolute atomic E-state index is 13.9. The second kappa shape index (κ2) is 8.70. The Hall–Kier alpha value is -1.66. The summed E-state index contributed by atoms with van der Waals surface area (Å²) >= 11 is 0. The zero-order valence-corrected chi connectivity index (χ0v) is 18.2. The molecule has 1 aliphatic rings. The van der Waals surface area contributed by atoms with Crippen molar-refractivity contribution in [1.82, 2.24) is 14.5 Å². The number of hydrogen-bond acceptors (Lipinski definition) is 8. The summed E-state index contributed by atoms with van der Waals surface area (Å²) in [5.41, 5.74) is -1.46. The van der Waals surface area contributed by atoms with E-state index in [4.69, 9.17) is 9.26 Å². The minimum Gasteiger partial charge on any atom is -0.388 e. The number of nitrogens with one attached hydrogen (secondary N) is 1. The second-order valence-corrected chi connectivity index (χ2v) is 9.95. The largest absolute Gasteiger partial charge is 0.388 e. The van der Waals surface area contributed by atoms with E-state index in [-0.39, 0.29) is 6.42 Å². The maximum atomic E-state index is 13.9. The number of aromatic amines is 1. The lowest BCUT2D eigenvalue weighted by Crippen LogP contribution is -2.42. The van der Waals surface area contributed by atoms with E-state index >= 15 is 0 Å². The number of H-pyrrole nitrogens is 1. The fourth-order valence-electron chi connectivity index (χ4n) is 3.60. The normalized spacial score (nSPS) is 29.0. The lowest BCUT2D eigenvalue weighted by atomic mass is 9.92. The van der Waals surface area contributed by atoms with E-state index in [1.165, 1.54) is 13.1 Å². The van der Waals surface area contributed by atoms with Crippen LogP contribution in [0.25, 0.3) is 11.0 Å². The first-order valence-corrected chi connectivity index (χ1v) is 11.4. The highest BCUT2D eigenvalue weighted by Gasteiger charge is 2.50. The van der Waals surface area contributed by atoms with Gasteiger partial charge in [0.25, 0.3) is 0 Å². The first-order chi connectivity index (χ1) is 14.4. The molecule has 3 unspecified atom stereocenters. The number of hydrogen-bond donors (Lipinski definition) is 5. The Morgan fingerprint density at radius 3 is 2.71 bits per heavy atom. The van der Waals surface area contributed by atoms with E-state index in [1.54, 1.807) is 13.0 Å². The number of nitrogens with zero attached hydrogens (tertiary/aromatic N) is 2. The summed E-state index contributed by atoms with van der Waals surface area (Å²) < 4.78 is 37.9. The van der Waals surface area contributed by atoms with Gasteiger partial charge in [-0.1, -0.05) is 6.92 Å². The van der Waals surface area contributed by atoms with Gasteiger partial charge in [0, 0.05) is 23.7 Å². The van der Waals surface area contributed by atoms with Crippen LogP contribution in [0.15, 0.2) is 17.1 Å². The molecule has 1 fully saturated rings. The molecule has 0 spiro atoms. The Morgan fingerprint density at radius 1 is 1.45 bits per heavy atom. The van der Waals surface area contributed by atoms with E-state index < -0.39 is 62.4 Å². The van der Waals surface area contributed by atoms with Gasteiger partial charge < -0.3 is 29.9 Å². The third-order valence-electron chi connectivity index (χ3n) is 5.54. The molecular weight excluding hydrogens is 436 g/mol. The number of aryl methyl sites for hydroxylation is 1. The predicted molar refractivity (Wildman–Crippen MR) is 107 cm³/mol. The quantitative estimate of drug-likeness (QED) is 0.354. The number of halogens is 1. The van der Waals surface area contributed by atoms with Crippen LogP contribution in [0.5, 0.6) is 0 Å². The average Bonchev–Trinajstić information content (AvgIpc) is 3.19. The van der Waals surface area contributed by atoms with Gasteiger partial charge in [0.1, 0.15) is 30.1 Å². The van der Waals surface area contributed by atoms with Crippen molar-refractivity contribution >= 4 is 18.6 Å². The molecule has 0 radical (unpaired) electrons. The molecule has 11 nitrogen and oxygen atoms in total. The summed E-state index contributed by atoms with van der Waals surface area (Å²) in [6.45, 7) is 3.13. The van der Waals surface area contributed by atoms with E-state index in [9.17, 15) is 34.0 Å². The molecule has 13 heteroatoms. The third-order valence-corrected chi connectivity index (χ3v) is 7.13. The van der Waals surface area contributed by atoms with Crippen LogP contribution in [0.2, 0.25) is 0 Å². The summed E-state index contributed by atoms with van der Waals surface area (Å²) in [7, 11) is -4.57. The molecule has 0 saturated carbocycles. The van der Waals surface area contributed by atoms with Gasteiger partial charge in [-0.15, -0.1) is 0 Å². The van der Waals surface area contributed by atoms with Crippen molar-refractivity contribution in [3.05, 3.63) is 28.4 Å². The molecule has 0 amide bonds. The number of ether oxygens (including phenoxy) is 1. The topological polar surface area (TPSA) is 167 Å². The Kier molecular flexibility index (Phi) is 6.73. The molecule has 7 atom stereocenters.